The van der Waals surface area contributed by atoms with E-state index in [0.717, 1.165) is 6.42 Å². The molecule has 106 valence electrons. The highest BCUT2D eigenvalue weighted by Crippen LogP contribution is 2.06. The molecule has 0 nitrogen and oxygen atoms in total. The molecule has 0 rings (SSSR count). The van der Waals surface area contributed by atoms with Crippen LogP contribution in [0.4, 0.5) is 0 Å². The third kappa shape index (κ3) is 14.4. The lowest BCUT2D eigenvalue weighted by Crippen LogP contribution is -1.74. The Morgan fingerprint density at radius 3 is 1.79 bits per heavy atom. The molecule has 0 spiro atoms. The Balaban J connectivity index is 0. The molecular weight excluding hydrogens is 228 g/mol. The molecule has 0 heteroatoms. The molecule has 0 aromatic carbocycles. The lowest BCUT2D eigenvalue weighted by molar-refractivity contribution is 1.14. The van der Waals surface area contributed by atoms with Crippen LogP contribution in [0, 0.1) is 0 Å². The summed E-state index contributed by atoms with van der Waals surface area (Å²) in [7, 11) is 0. The van der Waals surface area contributed by atoms with Gasteiger partial charge in [0, 0.05) is 0 Å². The van der Waals surface area contributed by atoms with Gasteiger partial charge in [-0.05, 0) is 46.6 Å². The third-order valence-corrected chi connectivity index (χ3v) is 2.54. The summed E-state index contributed by atoms with van der Waals surface area (Å²) in [4.78, 5) is 0. The van der Waals surface area contributed by atoms with Gasteiger partial charge < -0.3 is 0 Å². The van der Waals surface area contributed by atoms with Gasteiger partial charge in [-0.25, -0.2) is 0 Å². The minimum atomic E-state index is 1.06. The number of rotatable bonds is 5. The largest absolute Gasteiger partial charge is 0.0988 e. The average molecular weight is 258 g/mol. The molecule has 0 aliphatic rings. The molecule has 0 aromatic rings. The highest BCUT2D eigenvalue weighted by atomic mass is 13.9. The zero-order valence-corrected chi connectivity index (χ0v) is 13.6. The summed E-state index contributed by atoms with van der Waals surface area (Å²) in [5.74, 6) is 0. The van der Waals surface area contributed by atoms with Crippen LogP contribution in [-0.4, -0.2) is 0 Å². The molecule has 0 atom stereocenters. The van der Waals surface area contributed by atoms with Crippen molar-refractivity contribution in [3.05, 3.63) is 71.9 Å². The Kier molecular flexibility index (Phi) is 13.4. The molecule has 0 saturated carbocycles. The van der Waals surface area contributed by atoms with Crippen molar-refractivity contribution in [2.75, 3.05) is 0 Å². The van der Waals surface area contributed by atoms with Crippen molar-refractivity contribution >= 4 is 0 Å². The number of hydrogen-bond acceptors (Lipinski definition) is 0. The standard InChI is InChI=1S/C10H16.C9H14/c1-5-9(4)8-10(6-2)7-3;1-5-9(4)7-6-8(2)3/h5-6,8H,2,7H2,1,3-4H3;5-7H,1H2,2-4H3/b9-5-,10-8+;9-7-. The first kappa shape index (κ1) is 19.8. The SMILES string of the molecule is C=C/C(=C\C(C)=C/C)CC.C=C/C(C)=C\C=C(C)C. The van der Waals surface area contributed by atoms with Crippen LogP contribution in [0.25, 0.3) is 0 Å². The fourth-order valence-electron chi connectivity index (χ4n) is 1.05. The van der Waals surface area contributed by atoms with Crippen molar-refractivity contribution < 1.29 is 0 Å². The first-order chi connectivity index (χ1) is 8.90. The van der Waals surface area contributed by atoms with Gasteiger partial charge in [0.1, 0.15) is 0 Å². The summed E-state index contributed by atoms with van der Waals surface area (Å²) in [5.41, 5.74) is 5.12. The second-order valence-electron chi connectivity index (χ2n) is 4.67. The van der Waals surface area contributed by atoms with E-state index in [9.17, 15) is 0 Å². The predicted molar refractivity (Wildman–Crippen MR) is 91.4 cm³/mol. The summed E-state index contributed by atoms with van der Waals surface area (Å²) in [6.45, 7) is 19.8. The second-order valence-corrected chi connectivity index (χ2v) is 4.67. The van der Waals surface area contributed by atoms with Gasteiger partial charge >= 0.3 is 0 Å². The smallest absolute Gasteiger partial charge is 0.0308 e. The maximum absolute atomic E-state index is 3.72. The van der Waals surface area contributed by atoms with Crippen LogP contribution in [0.3, 0.4) is 0 Å². The first-order valence-corrected chi connectivity index (χ1v) is 6.81. The quantitative estimate of drug-likeness (QED) is 0.490. The van der Waals surface area contributed by atoms with E-state index in [4.69, 9.17) is 0 Å². The monoisotopic (exact) mass is 258 g/mol. The summed E-state index contributed by atoms with van der Waals surface area (Å²) >= 11 is 0. The van der Waals surface area contributed by atoms with Gasteiger partial charge in [0.2, 0.25) is 0 Å². The van der Waals surface area contributed by atoms with Crippen LogP contribution in [0.2, 0.25) is 0 Å². The maximum Gasteiger partial charge on any atom is -0.0308 e. The molecule has 0 fully saturated rings. The lowest BCUT2D eigenvalue weighted by Gasteiger charge is -1.95. The minimum Gasteiger partial charge on any atom is -0.0988 e. The Morgan fingerprint density at radius 2 is 1.47 bits per heavy atom. The Labute approximate surface area is 120 Å². The van der Waals surface area contributed by atoms with Crippen LogP contribution in [0.1, 0.15) is 48.0 Å². The number of allylic oxidation sites excluding steroid dienone is 10. The Bertz CT molecular complexity index is 380. The average Bonchev–Trinajstić information content (AvgIpc) is 2.42. The fourth-order valence-corrected chi connectivity index (χ4v) is 1.05. The molecule has 0 aliphatic heterocycles. The molecule has 0 amide bonds. The molecular formula is C19H30. The van der Waals surface area contributed by atoms with Crippen LogP contribution >= 0.6 is 0 Å². The fraction of sp³-hybridized carbons (Fsp3) is 0.368. The van der Waals surface area contributed by atoms with Crippen molar-refractivity contribution in [1.29, 1.82) is 0 Å². The van der Waals surface area contributed by atoms with E-state index in [1.54, 1.807) is 0 Å². The number of hydrogen-bond donors (Lipinski definition) is 0. The topological polar surface area (TPSA) is 0 Å². The molecule has 0 aromatic heterocycles. The summed E-state index contributed by atoms with van der Waals surface area (Å²) < 4.78 is 0. The van der Waals surface area contributed by atoms with E-state index >= 15 is 0 Å². The van der Waals surface area contributed by atoms with E-state index in [-0.39, 0.29) is 0 Å². The van der Waals surface area contributed by atoms with Crippen LogP contribution in [0.15, 0.2) is 71.9 Å². The molecule has 0 unspecified atom stereocenters. The van der Waals surface area contributed by atoms with Gasteiger partial charge in [0.15, 0.2) is 0 Å². The maximum atomic E-state index is 3.72. The first-order valence-electron chi connectivity index (χ1n) is 6.81. The van der Waals surface area contributed by atoms with Gasteiger partial charge in [0.05, 0.1) is 0 Å². The molecule has 0 heterocycles. The van der Waals surface area contributed by atoms with E-state index in [0.29, 0.717) is 0 Å². The van der Waals surface area contributed by atoms with Gasteiger partial charge in [-0.2, -0.15) is 0 Å². The lowest BCUT2D eigenvalue weighted by atomic mass is 10.1. The van der Waals surface area contributed by atoms with Crippen molar-refractivity contribution in [2.45, 2.75) is 48.0 Å². The summed E-state index contributed by atoms with van der Waals surface area (Å²) in [5, 5.41) is 0. The second kappa shape index (κ2) is 12.9. The van der Waals surface area contributed by atoms with Gasteiger partial charge in [-0.15, -0.1) is 0 Å². The van der Waals surface area contributed by atoms with Gasteiger partial charge in [0.25, 0.3) is 0 Å². The van der Waals surface area contributed by atoms with E-state index in [1.165, 1.54) is 22.3 Å². The summed E-state index contributed by atoms with van der Waals surface area (Å²) in [6.07, 6.45) is 13.2. The highest BCUT2D eigenvalue weighted by molar-refractivity contribution is 5.27. The van der Waals surface area contributed by atoms with E-state index in [1.807, 2.05) is 26.0 Å². The van der Waals surface area contributed by atoms with Crippen molar-refractivity contribution in [2.24, 2.45) is 0 Å². The Morgan fingerprint density at radius 1 is 0.895 bits per heavy atom. The zero-order valence-electron chi connectivity index (χ0n) is 13.6. The van der Waals surface area contributed by atoms with Crippen molar-refractivity contribution in [3.63, 3.8) is 0 Å². The molecule has 0 N–H and O–H groups in total. The van der Waals surface area contributed by atoms with Crippen LogP contribution < -0.4 is 0 Å². The van der Waals surface area contributed by atoms with E-state index in [2.05, 4.69) is 65.2 Å². The predicted octanol–water partition coefficient (Wildman–Crippen LogP) is 6.56. The van der Waals surface area contributed by atoms with Gasteiger partial charge in [-0.1, -0.05) is 73.3 Å². The van der Waals surface area contributed by atoms with Crippen LogP contribution in [-0.2, 0) is 0 Å². The Hall–Kier alpha value is -1.56. The molecule has 0 saturated heterocycles. The molecule has 19 heavy (non-hydrogen) atoms. The third-order valence-electron chi connectivity index (χ3n) is 2.54. The molecule has 0 aliphatic carbocycles. The minimum absolute atomic E-state index is 1.06. The van der Waals surface area contributed by atoms with Gasteiger partial charge in [-0.3, -0.25) is 0 Å². The summed E-state index contributed by atoms with van der Waals surface area (Å²) in [6, 6.07) is 0. The van der Waals surface area contributed by atoms with Crippen LogP contribution in [0.5, 0.6) is 0 Å². The molecule has 0 radical (unpaired) electrons. The van der Waals surface area contributed by atoms with Crippen molar-refractivity contribution in [3.8, 4) is 0 Å². The van der Waals surface area contributed by atoms with E-state index < -0.39 is 0 Å². The normalized spacial score (nSPS) is 12.2. The highest BCUT2D eigenvalue weighted by Gasteiger charge is 1.85. The zero-order chi connectivity index (χ0) is 15.3. The molecule has 0 bridgehead atoms. The van der Waals surface area contributed by atoms with Crippen molar-refractivity contribution in [1.82, 2.24) is 0 Å².